The van der Waals surface area contributed by atoms with Crippen LogP contribution in [0.25, 0.3) is 0 Å². The summed E-state index contributed by atoms with van der Waals surface area (Å²) in [4.78, 5) is 4.52. The molecule has 1 aliphatic carbocycles. The summed E-state index contributed by atoms with van der Waals surface area (Å²) < 4.78 is 11.1. The lowest BCUT2D eigenvalue weighted by Crippen LogP contribution is -2.34. The lowest BCUT2D eigenvalue weighted by Gasteiger charge is -2.35. The van der Waals surface area contributed by atoms with Gasteiger partial charge in [0.15, 0.2) is 0 Å². The van der Waals surface area contributed by atoms with E-state index in [4.69, 9.17) is 15.0 Å². The largest absolute Gasteiger partial charge is 0.370 e. The minimum Gasteiger partial charge on any atom is -0.370 e. The Balaban J connectivity index is 2.10. The SMILES string of the molecule is COC1(c2noc([C@H](N)CCSC)n2)CCC(C)CC1. The molecule has 6 heteroatoms. The maximum absolute atomic E-state index is 6.08. The van der Waals surface area contributed by atoms with Crippen LogP contribution < -0.4 is 5.73 Å². The summed E-state index contributed by atoms with van der Waals surface area (Å²) in [6.45, 7) is 2.28. The molecule has 20 heavy (non-hydrogen) atoms. The molecule has 0 aromatic carbocycles. The van der Waals surface area contributed by atoms with Crippen LogP contribution in [0.3, 0.4) is 0 Å². The Hall–Kier alpha value is -0.590. The van der Waals surface area contributed by atoms with Gasteiger partial charge in [0.05, 0.1) is 6.04 Å². The number of aromatic nitrogens is 2. The lowest BCUT2D eigenvalue weighted by atomic mass is 9.79. The van der Waals surface area contributed by atoms with Crippen molar-refractivity contribution in [1.29, 1.82) is 0 Å². The minimum absolute atomic E-state index is 0.180. The molecule has 0 bridgehead atoms. The van der Waals surface area contributed by atoms with E-state index in [2.05, 4.69) is 23.3 Å². The summed E-state index contributed by atoms with van der Waals surface area (Å²) in [5.74, 6) is 2.94. The molecule has 0 radical (unpaired) electrons. The molecule has 114 valence electrons. The zero-order valence-electron chi connectivity index (χ0n) is 12.6. The molecule has 5 nitrogen and oxygen atoms in total. The fourth-order valence-electron chi connectivity index (χ4n) is 2.69. The van der Waals surface area contributed by atoms with Gasteiger partial charge in [0.2, 0.25) is 11.7 Å². The van der Waals surface area contributed by atoms with E-state index in [1.165, 1.54) is 0 Å². The van der Waals surface area contributed by atoms with Crippen LogP contribution in [0.15, 0.2) is 4.52 Å². The maximum atomic E-state index is 6.08. The van der Waals surface area contributed by atoms with Crippen LogP contribution in [-0.2, 0) is 10.3 Å². The predicted molar refractivity (Wildman–Crippen MR) is 80.5 cm³/mol. The van der Waals surface area contributed by atoms with E-state index >= 15 is 0 Å². The average Bonchev–Trinajstić information content (AvgIpc) is 2.96. The van der Waals surface area contributed by atoms with Gasteiger partial charge in [-0.05, 0) is 50.0 Å². The summed E-state index contributed by atoms with van der Waals surface area (Å²) in [5, 5.41) is 4.14. The highest BCUT2D eigenvalue weighted by molar-refractivity contribution is 7.98. The molecule has 1 heterocycles. The molecule has 1 aromatic rings. The zero-order chi connectivity index (χ0) is 14.6. The Bertz CT molecular complexity index is 416. The summed E-state index contributed by atoms with van der Waals surface area (Å²) in [5.41, 5.74) is 5.70. The molecule has 1 saturated carbocycles. The van der Waals surface area contributed by atoms with Gasteiger partial charge >= 0.3 is 0 Å². The molecule has 1 fully saturated rings. The van der Waals surface area contributed by atoms with Crippen LogP contribution in [0, 0.1) is 5.92 Å². The van der Waals surface area contributed by atoms with Crippen LogP contribution in [0.1, 0.15) is 56.8 Å². The summed E-state index contributed by atoms with van der Waals surface area (Å²) in [7, 11) is 1.74. The molecule has 0 amide bonds. The minimum atomic E-state index is -0.381. The zero-order valence-corrected chi connectivity index (χ0v) is 13.4. The molecule has 0 saturated heterocycles. The number of methoxy groups -OCH3 is 1. The fraction of sp³-hybridized carbons (Fsp3) is 0.857. The van der Waals surface area contributed by atoms with Crippen LogP contribution in [0.2, 0.25) is 0 Å². The summed E-state index contributed by atoms with van der Waals surface area (Å²) >= 11 is 1.77. The topological polar surface area (TPSA) is 74.2 Å². The highest BCUT2D eigenvalue weighted by atomic mass is 32.2. The van der Waals surface area contributed by atoms with Crippen LogP contribution >= 0.6 is 11.8 Å². The van der Waals surface area contributed by atoms with Crippen molar-refractivity contribution < 1.29 is 9.26 Å². The van der Waals surface area contributed by atoms with Crippen molar-refractivity contribution in [2.75, 3.05) is 19.1 Å². The van der Waals surface area contributed by atoms with E-state index in [9.17, 15) is 0 Å². The van der Waals surface area contributed by atoms with Crippen molar-refractivity contribution in [3.8, 4) is 0 Å². The monoisotopic (exact) mass is 299 g/mol. The van der Waals surface area contributed by atoms with E-state index < -0.39 is 0 Å². The van der Waals surface area contributed by atoms with E-state index in [-0.39, 0.29) is 11.6 Å². The first-order valence-corrected chi connectivity index (χ1v) is 8.64. The Morgan fingerprint density at radius 2 is 2.20 bits per heavy atom. The van der Waals surface area contributed by atoms with Crippen molar-refractivity contribution in [3.63, 3.8) is 0 Å². The second-order valence-electron chi connectivity index (χ2n) is 5.73. The molecule has 0 aliphatic heterocycles. The third-order valence-corrected chi connectivity index (χ3v) is 4.92. The quantitative estimate of drug-likeness (QED) is 0.870. The molecule has 1 atom stereocenters. The Morgan fingerprint density at radius 1 is 1.50 bits per heavy atom. The number of thioether (sulfide) groups is 1. The van der Waals surface area contributed by atoms with Crippen molar-refractivity contribution in [2.24, 2.45) is 11.7 Å². The van der Waals surface area contributed by atoms with Crippen molar-refractivity contribution in [3.05, 3.63) is 11.7 Å². The summed E-state index contributed by atoms with van der Waals surface area (Å²) in [6.07, 6.45) is 7.08. The number of rotatable bonds is 6. The molecule has 1 aliphatic rings. The molecular weight excluding hydrogens is 274 g/mol. The van der Waals surface area contributed by atoms with Gasteiger partial charge in [0.25, 0.3) is 0 Å². The molecule has 0 unspecified atom stereocenters. The standard InChI is InChI=1S/C14H25N3O2S/c1-10-4-7-14(18-2,8-5-10)13-16-12(19-17-13)11(15)6-9-20-3/h10-11H,4-9,15H2,1-3H3/t10?,11-,14?/m1/s1. The highest BCUT2D eigenvalue weighted by Crippen LogP contribution is 2.40. The van der Waals surface area contributed by atoms with Gasteiger partial charge in [-0.15, -0.1) is 0 Å². The average molecular weight is 299 g/mol. The van der Waals surface area contributed by atoms with E-state index in [1.807, 2.05) is 0 Å². The molecule has 2 rings (SSSR count). The second-order valence-corrected chi connectivity index (χ2v) is 6.71. The Morgan fingerprint density at radius 3 is 2.80 bits per heavy atom. The predicted octanol–water partition coefficient (Wildman–Crippen LogP) is 2.87. The van der Waals surface area contributed by atoms with Gasteiger partial charge in [0.1, 0.15) is 5.60 Å². The number of hydrogen-bond donors (Lipinski definition) is 1. The number of nitrogens with zero attached hydrogens (tertiary/aromatic N) is 2. The first kappa shape index (κ1) is 15.8. The number of ether oxygens (including phenoxy) is 1. The Kier molecular flexibility index (Phi) is 5.46. The van der Waals surface area contributed by atoms with Gasteiger partial charge in [-0.1, -0.05) is 12.1 Å². The fourth-order valence-corrected chi connectivity index (χ4v) is 3.18. The summed E-state index contributed by atoms with van der Waals surface area (Å²) in [6, 6.07) is -0.180. The third kappa shape index (κ3) is 3.35. The van der Waals surface area contributed by atoms with Crippen LogP contribution in [0.4, 0.5) is 0 Å². The lowest BCUT2D eigenvalue weighted by molar-refractivity contribution is -0.0609. The normalized spacial score (nSPS) is 28.5. The van der Waals surface area contributed by atoms with Gasteiger partial charge in [0, 0.05) is 7.11 Å². The number of nitrogens with two attached hydrogens (primary N) is 1. The van der Waals surface area contributed by atoms with Gasteiger partial charge in [-0.3, -0.25) is 0 Å². The van der Waals surface area contributed by atoms with E-state index in [0.717, 1.165) is 43.8 Å². The number of hydrogen-bond acceptors (Lipinski definition) is 6. The molecule has 0 spiro atoms. The van der Waals surface area contributed by atoms with Crippen molar-refractivity contribution >= 4 is 11.8 Å². The molecule has 2 N–H and O–H groups in total. The van der Waals surface area contributed by atoms with Crippen LogP contribution in [-0.4, -0.2) is 29.3 Å². The Labute approximate surface area is 125 Å². The maximum Gasteiger partial charge on any atom is 0.243 e. The first-order valence-electron chi connectivity index (χ1n) is 7.25. The molecular formula is C14H25N3O2S. The van der Waals surface area contributed by atoms with E-state index in [0.29, 0.717) is 11.7 Å². The smallest absolute Gasteiger partial charge is 0.243 e. The first-order chi connectivity index (χ1) is 9.61. The molecule has 1 aromatic heterocycles. The van der Waals surface area contributed by atoms with Gasteiger partial charge in [-0.25, -0.2) is 0 Å². The van der Waals surface area contributed by atoms with Crippen molar-refractivity contribution in [2.45, 2.75) is 50.7 Å². The van der Waals surface area contributed by atoms with Crippen molar-refractivity contribution in [1.82, 2.24) is 10.1 Å². The van der Waals surface area contributed by atoms with E-state index in [1.54, 1.807) is 18.9 Å². The highest BCUT2D eigenvalue weighted by Gasteiger charge is 2.40. The van der Waals surface area contributed by atoms with Crippen LogP contribution in [0.5, 0.6) is 0 Å². The third-order valence-electron chi connectivity index (χ3n) is 4.27. The van der Waals surface area contributed by atoms with Gasteiger partial charge in [-0.2, -0.15) is 16.7 Å². The van der Waals surface area contributed by atoms with Gasteiger partial charge < -0.3 is 15.0 Å². The second kappa shape index (κ2) is 6.91.